The predicted octanol–water partition coefficient (Wildman–Crippen LogP) is 3.57. The van der Waals surface area contributed by atoms with Gasteiger partial charge in [0.2, 0.25) is 0 Å². The third kappa shape index (κ3) is 2.49. The summed E-state index contributed by atoms with van der Waals surface area (Å²) in [7, 11) is 1.51. The van der Waals surface area contributed by atoms with Crippen molar-refractivity contribution in [2.24, 2.45) is 0 Å². The summed E-state index contributed by atoms with van der Waals surface area (Å²) in [5.41, 5.74) is 2.24. The van der Waals surface area contributed by atoms with Gasteiger partial charge >= 0.3 is 0 Å². The summed E-state index contributed by atoms with van der Waals surface area (Å²) in [5.74, 6) is -0.802. The van der Waals surface area contributed by atoms with Gasteiger partial charge in [0.15, 0.2) is 5.65 Å². The highest BCUT2D eigenvalue weighted by Gasteiger charge is 2.40. The lowest BCUT2D eigenvalue weighted by molar-refractivity contribution is 0.0926. The molecule has 0 saturated carbocycles. The molecule has 0 fully saturated rings. The van der Waals surface area contributed by atoms with E-state index in [-0.39, 0.29) is 16.9 Å². The second kappa shape index (κ2) is 6.23. The maximum absolute atomic E-state index is 13.3. The Bertz CT molecular complexity index is 1300. The Labute approximate surface area is 163 Å². The Morgan fingerprint density at radius 1 is 1.07 bits per heavy atom. The zero-order chi connectivity index (χ0) is 20.1. The molecule has 0 aliphatic carbocycles. The van der Waals surface area contributed by atoms with Crippen molar-refractivity contribution in [3.05, 3.63) is 71.7 Å². The third-order valence-electron chi connectivity index (χ3n) is 4.88. The molecule has 0 bridgehead atoms. The highest BCUT2D eigenvalue weighted by atomic mass is 19.1. The minimum absolute atomic E-state index is 0.190. The maximum Gasteiger partial charge on any atom is 0.267 e. The lowest BCUT2D eigenvalue weighted by atomic mass is 10.0. The van der Waals surface area contributed by atoms with Crippen LogP contribution in [0.3, 0.4) is 0 Å². The first-order valence-electron chi connectivity index (χ1n) is 8.74. The number of imide groups is 1. The highest BCUT2D eigenvalue weighted by Crippen LogP contribution is 2.37. The van der Waals surface area contributed by atoms with Crippen LogP contribution in [0.25, 0.3) is 22.3 Å². The van der Waals surface area contributed by atoms with Crippen LogP contribution in [0.2, 0.25) is 0 Å². The second-order valence-corrected chi connectivity index (χ2v) is 6.50. The van der Waals surface area contributed by atoms with E-state index in [0.717, 1.165) is 4.90 Å². The van der Waals surface area contributed by atoms with Crippen molar-refractivity contribution in [3.63, 3.8) is 0 Å². The van der Waals surface area contributed by atoms with Gasteiger partial charge in [0, 0.05) is 17.8 Å². The van der Waals surface area contributed by atoms with Crippen LogP contribution in [-0.2, 0) is 0 Å². The number of amides is 2. The fourth-order valence-electron chi connectivity index (χ4n) is 3.51. The summed E-state index contributed by atoms with van der Waals surface area (Å²) in [6.45, 7) is 0. The number of H-pyrrole nitrogens is 1. The smallest absolute Gasteiger partial charge is 0.267 e. The highest BCUT2D eigenvalue weighted by molar-refractivity contribution is 6.38. The Balaban J connectivity index is 1.71. The van der Waals surface area contributed by atoms with Crippen LogP contribution in [0.5, 0.6) is 5.75 Å². The van der Waals surface area contributed by atoms with Crippen molar-refractivity contribution in [3.8, 4) is 17.0 Å². The van der Waals surface area contributed by atoms with Gasteiger partial charge in [0.1, 0.15) is 11.6 Å². The van der Waals surface area contributed by atoms with Crippen LogP contribution in [0.4, 0.5) is 10.1 Å². The molecule has 5 rings (SSSR count). The molecule has 2 aromatic carbocycles. The van der Waals surface area contributed by atoms with E-state index in [0.29, 0.717) is 33.7 Å². The number of carbonyl (C=O) groups is 2. The Hall–Kier alpha value is -4.07. The van der Waals surface area contributed by atoms with Gasteiger partial charge in [0.05, 0.1) is 35.0 Å². The largest absolute Gasteiger partial charge is 0.497 e. The minimum Gasteiger partial charge on any atom is -0.497 e. The summed E-state index contributed by atoms with van der Waals surface area (Å²) >= 11 is 0. The Morgan fingerprint density at radius 3 is 2.62 bits per heavy atom. The summed E-state index contributed by atoms with van der Waals surface area (Å²) in [4.78, 5) is 31.6. The number of halogens is 1. The summed E-state index contributed by atoms with van der Waals surface area (Å²) in [6.07, 6.45) is 1.35. The number of ether oxygens (including phenoxy) is 1. The number of pyridine rings is 1. The van der Waals surface area contributed by atoms with Gasteiger partial charge in [-0.1, -0.05) is 6.07 Å². The molecule has 0 saturated heterocycles. The quantitative estimate of drug-likeness (QED) is 0.542. The molecule has 7 nitrogen and oxygen atoms in total. The average molecular weight is 388 g/mol. The van der Waals surface area contributed by atoms with E-state index >= 15 is 0 Å². The molecule has 1 aliphatic heterocycles. The van der Waals surface area contributed by atoms with Gasteiger partial charge in [-0.25, -0.2) is 14.3 Å². The molecule has 2 amide bonds. The fourth-order valence-corrected chi connectivity index (χ4v) is 3.51. The monoisotopic (exact) mass is 388 g/mol. The van der Waals surface area contributed by atoms with Crippen molar-refractivity contribution in [1.29, 1.82) is 0 Å². The first-order valence-corrected chi connectivity index (χ1v) is 8.74. The fraction of sp³-hybridized carbons (Fsp3) is 0.0476. The van der Waals surface area contributed by atoms with Crippen molar-refractivity contribution < 1.29 is 18.7 Å². The van der Waals surface area contributed by atoms with E-state index < -0.39 is 11.8 Å². The molecule has 4 aromatic rings. The average Bonchev–Trinajstić information content (AvgIpc) is 3.28. The van der Waals surface area contributed by atoms with E-state index in [4.69, 9.17) is 4.74 Å². The number of hydrogen-bond acceptors (Lipinski definition) is 5. The molecule has 0 radical (unpaired) electrons. The Morgan fingerprint density at radius 2 is 1.86 bits per heavy atom. The zero-order valence-electron chi connectivity index (χ0n) is 15.1. The van der Waals surface area contributed by atoms with Crippen LogP contribution in [-0.4, -0.2) is 34.1 Å². The molecule has 1 aliphatic rings. The number of carbonyl (C=O) groups excluding carboxylic acids is 2. The third-order valence-corrected chi connectivity index (χ3v) is 4.88. The van der Waals surface area contributed by atoms with Crippen LogP contribution >= 0.6 is 0 Å². The first-order chi connectivity index (χ1) is 14.1. The number of methoxy groups -OCH3 is 1. The number of nitrogens with one attached hydrogen (secondary N) is 1. The minimum atomic E-state index is -0.476. The summed E-state index contributed by atoms with van der Waals surface area (Å²) in [6, 6.07) is 12.5. The van der Waals surface area contributed by atoms with Crippen LogP contribution < -0.4 is 9.64 Å². The van der Waals surface area contributed by atoms with E-state index in [2.05, 4.69) is 15.2 Å². The van der Waals surface area contributed by atoms with E-state index in [9.17, 15) is 14.0 Å². The second-order valence-electron chi connectivity index (χ2n) is 6.50. The first kappa shape index (κ1) is 17.1. The SMILES string of the molecule is COc1cccc(N2C(=O)c3cnc4n[nH]c(-c5ccc(F)cc5)c4c3C2=O)c1. The topological polar surface area (TPSA) is 88.2 Å². The molecule has 1 N–H and O–H groups in total. The molecule has 2 aromatic heterocycles. The molecular formula is C21H13FN4O3. The standard InChI is InChI=1S/C21H13FN4O3/c1-29-14-4-2-3-13(9-14)26-20(27)15-10-23-19-17(16(15)21(26)28)18(24-25-19)11-5-7-12(22)8-6-11/h2-10H,1H3,(H,23,24,25). The Kier molecular flexibility index (Phi) is 3.67. The van der Waals surface area contributed by atoms with Gasteiger partial charge in [-0.15, -0.1) is 0 Å². The van der Waals surface area contributed by atoms with Crippen LogP contribution in [0.15, 0.2) is 54.7 Å². The van der Waals surface area contributed by atoms with Crippen LogP contribution in [0, 0.1) is 5.82 Å². The number of aromatic amines is 1. The molecule has 8 heteroatoms. The normalized spacial score (nSPS) is 13.2. The van der Waals surface area contributed by atoms with Crippen molar-refractivity contribution in [1.82, 2.24) is 15.2 Å². The van der Waals surface area contributed by atoms with Crippen LogP contribution in [0.1, 0.15) is 20.7 Å². The summed E-state index contributed by atoms with van der Waals surface area (Å²) < 4.78 is 18.5. The van der Waals surface area contributed by atoms with Crippen molar-refractivity contribution in [2.45, 2.75) is 0 Å². The number of benzene rings is 2. The molecule has 142 valence electrons. The zero-order valence-corrected chi connectivity index (χ0v) is 15.1. The molecule has 29 heavy (non-hydrogen) atoms. The van der Waals surface area contributed by atoms with E-state index in [1.807, 2.05) is 0 Å². The number of anilines is 1. The summed E-state index contributed by atoms with van der Waals surface area (Å²) in [5, 5.41) is 7.43. The van der Waals surface area contributed by atoms with Gasteiger partial charge in [-0.05, 0) is 36.4 Å². The van der Waals surface area contributed by atoms with Gasteiger partial charge in [0.25, 0.3) is 11.8 Å². The lowest BCUT2D eigenvalue weighted by Gasteiger charge is -2.14. The number of rotatable bonds is 3. The number of hydrogen-bond donors (Lipinski definition) is 1. The molecule has 0 unspecified atom stereocenters. The number of fused-ring (bicyclic) bond motifs is 3. The molecule has 3 heterocycles. The van der Waals surface area contributed by atoms with E-state index in [1.165, 1.54) is 25.4 Å². The van der Waals surface area contributed by atoms with Crippen molar-refractivity contribution >= 4 is 28.5 Å². The van der Waals surface area contributed by atoms with Crippen molar-refractivity contribution in [2.75, 3.05) is 12.0 Å². The predicted molar refractivity (Wildman–Crippen MR) is 103 cm³/mol. The molecular weight excluding hydrogens is 375 g/mol. The number of aromatic nitrogens is 3. The molecule has 0 atom stereocenters. The number of nitrogens with zero attached hydrogens (tertiary/aromatic N) is 3. The van der Waals surface area contributed by atoms with Gasteiger partial charge < -0.3 is 4.74 Å². The maximum atomic E-state index is 13.3. The van der Waals surface area contributed by atoms with Gasteiger partial charge in [-0.3, -0.25) is 14.7 Å². The molecule has 0 spiro atoms. The van der Waals surface area contributed by atoms with E-state index in [1.54, 1.807) is 36.4 Å². The van der Waals surface area contributed by atoms with Gasteiger partial charge in [-0.2, -0.15) is 5.10 Å². The lowest BCUT2D eigenvalue weighted by Crippen LogP contribution is -2.29.